The molecular formula is C21H34O. The predicted octanol–water partition coefficient (Wildman–Crippen LogP) is 5.43. The fourth-order valence-corrected chi connectivity index (χ4v) is 7.36. The van der Waals surface area contributed by atoms with Crippen LogP contribution in [0.5, 0.6) is 0 Å². The molecule has 22 heavy (non-hydrogen) atoms. The lowest BCUT2D eigenvalue weighted by Gasteiger charge is -2.51. The molecule has 5 rings (SSSR count). The van der Waals surface area contributed by atoms with Crippen LogP contribution in [-0.2, 0) is 4.74 Å². The van der Waals surface area contributed by atoms with Gasteiger partial charge in [0.2, 0.25) is 0 Å². The van der Waals surface area contributed by atoms with E-state index in [2.05, 4.69) is 6.92 Å². The normalized spacial score (nSPS) is 57.4. The minimum atomic E-state index is 0.687. The van der Waals surface area contributed by atoms with Gasteiger partial charge in [0.05, 0.1) is 12.2 Å². The van der Waals surface area contributed by atoms with E-state index >= 15 is 0 Å². The van der Waals surface area contributed by atoms with E-state index in [1.807, 2.05) is 0 Å². The summed E-state index contributed by atoms with van der Waals surface area (Å²) in [7, 11) is 0. The van der Waals surface area contributed by atoms with Gasteiger partial charge >= 0.3 is 0 Å². The first-order valence-corrected chi connectivity index (χ1v) is 10.4. The second-order valence-electron chi connectivity index (χ2n) is 9.70. The van der Waals surface area contributed by atoms with Crippen molar-refractivity contribution in [3.8, 4) is 0 Å². The SMILES string of the molecule is CC1CCC2C(CCC3CC(C4CCC5OC5C4)CCC32)C1. The minimum Gasteiger partial charge on any atom is -0.370 e. The van der Waals surface area contributed by atoms with Crippen LogP contribution in [-0.4, -0.2) is 12.2 Å². The standard InChI is InChI=1S/C21H34O/c1-13-2-7-18-16(10-13)3-4-17-11-14(5-8-19(17)18)15-6-9-20-21(12-15)22-20/h13-21H,2-12H2,1H3. The molecule has 1 nitrogen and oxygen atoms in total. The molecule has 9 unspecified atom stereocenters. The molecular weight excluding hydrogens is 268 g/mol. The summed E-state index contributed by atoms with van der Waals surface area (Å²) >= 11 is 0. The first kappa shape index (κ1) is 14.3. The maximum Gasteiger partial charge on any atom is 0.0844 e. The summed E-state index contributed by atoms with van der Waals surface area (Å²) in [6, 6.07) is 0. The average molecular weight is 303 g/mol. The Morgan fingerprint density at radius 2 is 1.18 bits per heavy atom. The highest BCUT2D eigenvalue weighted by atomic mass is 16.6. The van der Waals surface area contributed by atoms with Gasteiger partial charge in [-0.1, -0.05) is 13.3 Å². The van der Waals surface area contributed by atoms with E-state index in [9.17, 15) is 0 Å². The summed E-state index contributed by atoms with van der Waals surface area (Å²) < 4.78 is 5.79. The Kier molecular flexibility index (Phi) is 3.58. The molecule has 5 fully saturated rings. The molecule has 5 aliphatic rings. The molecule has 1 saturated heterocycles. The largest absolute Gasteiger partial charge is 0.370 e. The van der Waals surface area contributed by atoms with E-state index < -0.39 is 0 Å². The molecule has 0 N–H and O–H groups in total. The number of epoxide rings is 1. The van der Waals surface area contributed by atoms with Crippen molar-refractivity contribution in [1.82, 2.24) is 0 Å². The molecule has 0 amide bonds. The molecule has 0 aromatic heterocycles. The van der Waals surface area contributed by atoms with Crippen molar-refractivity contribution in [3.05, 3.63) is 0 Å². The monoisotopic (exact) mass is 302 g/mol. The van der Waals surface area contributed by atoms with Crippen LogP contribution in [0.3, 0.4) is 0 Å². The lowest BCUT2D eigenvalue weighted by molar-refractivity contribution is -0.0111. The highest BCUT2D eigenvalue weighted by Crippen LogP contribution is 2.55. The molecule has 4 saturated carbocycles. The van der Waals surface area contributed by atoms with E-state index in [0.717, 1.165) is 41.4 Å². The quantitative estimate of drug-likeness (QED) is 0.588. The fourth-order valence-electron chi connectivity index (χ4n) is 7.36. The van der Waals surface area contributed by atoms with E-state index in [-0.39, 0.29) is 0 Å². The Balaban J connectivity index is 1.23. The van der Waals surface area contributed by atoms with Crippen LogP contribution in [0.1, 0.15) is 77.6 Å². The van der Waals surface area contributed by atoms with Gasteiger partial charge < -0.3 is 4.74 Å². The van der Waals surface area contributed by atoms with Gasteiger partial charge in [-0.05, 0) is 106 Å². The lowest BCUT2D eigenvalue weighted by Crippen LogP contribution is -2.42. The molecule has 0 spiro atoms. The van der Waals surface area contributed by atoms with Crippen molar-refractivity contribution < 1.29 is 4.74 Å². The maximum absolute atomic E-state index is 5.79. The van der Waals surface area contributed by atoms with Crippen LogP contribution >= 0.6 is 0 Å². The molecule has 1 aliphatic heterocycles. The Morgan fingerprint density at radius 1 is 0.545 bits per heavy atom. The van der Waals surface area contributed by atoms with E-state index in [4.69, 9.17) is 4.74 Å². The molecule has 9 atom stereocenters. The van der Waals surface area contributed by atoms with Gasteiger partial charge in [0.1, 0.15) is 0 Å². The molecule has 1 heteroatoms. The van der Waals surface area contributed by atoms with Gasteiger partial charge in [-0.15, -0.1) is 0 Å². The van der Waals surface area contributed by atoms with Crippen LogP contribution in [0.25, 0.3) is 0 Å². The third kappa shape index (κ3) is 2.46. The van der Waals surface area contributed by atoms with Crippen molar-refractivity contribution in [2.45, 2.75) is 89.8 Å². The average Bonchev–Trinajstić information content (AvgIpc) is 3.32. The minimum absolute atomic E-state index is 0.687. The van der Waals surface area contributed by atoms with Crippen molar-refractivity contribution in [2.24, 2.45) is 41.4 Å². The van der Waals surface area contributed by atoms with E-state index in [1.54, 1.807) is 44.9 Å². The smallest absolute Gasteiger partial charge is 0.0844 e. The van der Waals surface area contributed by atoms with Gasteiger partial charge in [0.15, 0.2) is 0 Å². The lowest BCUT2D eigenvalue weighted by atomic mass is 9.54. The number of rotatable bonds is 1. The van der Waals surface area contributed by atoms with E-state index in [0.29, 0.717) is 12.2 Å². The molecule has 0 radical (unpaired) electrons. The third-order valence-electron chi connectivity index (χ3n) is 8.55. The van der Waals surface area contributed by atoms with Crippen LogP contribution < -0.4 is 0 Å². The van der Waals surface area contributed by atoms with Gasteiger partial charge in [0.25, 0.3) is 0 Å². The highest BCUT2D eigenvalue weighted by molar-refractivity contribution is 4.98. The number of hydrogen-bond donors (Lipinski definition) is 0. The zero-order valence-electron chi connectivity index (χ0n) is 14.4. The van der Waals surface area contributed by atoms with Crippen LogP contribution in [0.4, 0.5) is 0 Å². The predicted molar refractivity (Wildman–Crippen MR) is 89.6 cm³/mol. The topological polar surface area (TPSA) is 12.5 Å². The zero-order chi connectivity index (χ0) is 14.7. The van der Waals surface area contributed by atoms with Crippen LogP contribution in [0.2, 0.25) is 0 Å². The summed E-state index contributed by atoms with van der Waals surface area (Å²) in [5, 5.41) is 0. The van der Waals surface area contributed by atoms with Crippen molar-refractivity contribution in [3.63, 3.8) is 0 Å². The first-order valence-electron chi connectivity index (χ1n) is 10.4. The molecule has 0 aromatic carbocycles. The molecule has 4 aliphatic carbocycles. The van der Waals surface area contributed by atoms with E-state index in [1.165, 1.54) is 25.7 Å². The number of ether oxygens (including phenoxy) is 1. The first-order chi connectivity index (χ1) is 10.8. The zero-order valence-corrected chi connectivity index (χ0v) is 14.4. The Bertz CT molecular complexity index is 418. The second-order valence-corrected chi connectivity index (χ2v) is 9.70. The van der Waals surface area contributed by atoms with Crippen LogP contribution in [0, 0.1) is 41.4 Å². The highest BCUT2D eigenvalue weighted by Gasteiger charge is 2.49. The summed E-state index contributed by atoms with van der Waals surface area (Å²) in [6.07, 6.45) is 18.2. The maximum atomic E-state index is 5.79. The van der Waals surface area contributed by atoms with Gasteiger partial charge in [0, 0.05) is 0 Å². The number of fused-ring (bicyclic) bond motifs is 4. The Morgan fingerprint density at radius 3 is 2.00 bits per heavy atom. The summed E-state index contributed by atoms with van der Waals surface area (Å²) in [5.41, 5.74) is 0. The summed E-state index contributed by atoms with van der Waals surface area (Å²) in [5.74, 6) is 7.56. The summed E-state index contributed by atoms with van der Waals surface area (Å²) in [4.78, 5) is 0. The van der Waals surface area contributed by atoms with Crippen LogP contribution in [0.15, 0.2) is 0 Å². The Labute approximate surface area is 136 Å². The van der Waals surface area contributed by atoms with Crippen molar-refractivity contribution in [1.29, 1.82) is 0 Å². The summed E-state index contributed by atoms with van der Waals surface area (Å²) in [6.45, 7) is 2.50. The number of hydrogen-bond acceptors (Lipinski definition) is 1. The third-order valence-corrected chi connectivity index (χ3v) is 8.55. The van der Waals surface area contributed by atoms with Gasteiger partial charge in [-0.2, -0.15) is 0 Å². The second kappa shape index (κ2) is 5.50. The van der Waals surface area contributed by atoms with Gasteiger partial charge in [-0.3, -0.25) is 0 Å². The fraction of sp³-hybridized carbons (Fsp3) is 1.00. The molecule has 0 aromatic rings. The Hall–Kier alpha value is -0.0400. The molecule has 0 bridgehead atoms. The van der Waals surface area contributed by atoms with Crippen molar-refractivity contribution in [2.75, 3.05) is 0 Å². The van der Waals surface area contributed by atoms with Crippen molar-refractivity contribution >= 4 is 0 Å². The molecule has 124 valence electrons. The molecule has 1 heterocycles. The van der Waals surface area contributed by atoms with Gasteiger partial charge in [-0.25, -0.2) is 0 Å².